The summed E-state index contributed by atoms with van der Waals surface area (Å²) >= 11 is 0. The Labute approximate surface area is 227 Å². The fraction of sp³-hybridized carbons (Fsp3) is 0.0811. The van der Waals surface area contributed by atoms with Gasteiger partial charge in [0.1, 0.15) is 11.2 Å². The third kappa shape index (κ3) is 3.21. The molecule has 0 atom stereocenters. The van der Waals surface area contributed by atoms with Crippen LogP contribution in [0.1, 0.15) is 25.0 Å². The molecule has 0 saturated heterocycles. The summed E-state index contributed by atoms with van der Waals surface area (Å²) in [6, 6.07) is 45.8. The van der Waals surface area contributed by atoms with Gasteiger partial charge in [-0.05, 0) is 87.6 Å². The lowest BCUT2D eigenvalue weighted by molar-refractivity contribution is 0.661. The van der Waals surface area contributed by atoms with E-state index in [1.165, 1.54) is 38.7 Å². The van der Waals surface area contributed by atoms with Crippen LogP contribution in [0.5, 0.6) is 0 Å². The molecular weight excluding hydrogens is 474 g/mol. The van der Waals surface area contributed by atoms with Gasteiger partial charge in [0, 0.05) is 27.6 Å². The first kappa shape index (κ1) is 22.2. The first-order valence-electron chi connectivity index (χ1n) is 13.5. The first-order valence-corrected chi connectivity index (χ1v) is 13.5. The quantitative estimate of drug-likeness (QED) is 0.239. The number of benzene rings is 6. The monoisotopic (exact) mass is 501 g/mol. The lowest BCUT2D eigenvalue weighted by Crippen LogP contribution is -2.20. The maximum atomic E-state index is 6.17. The number of nitrogens with zero attached hydrogens (tertiary/aromatic N) is 1. The van der Waals surface area contributed by atoms with Gasteiger partial charge in [-0.1, -0.05) is 86.6 Å². The van der Waals surface area contributed by atoms with E-state index in [-0.39, 0.29) is 5.41 Å². The van der Waals surface area contributed by atoms with Gasteiger partial charge < -0.3 is 9.32 Å². The topological polar surface area (TPSA) is 16.4 Å². The fourth-order valence-corrected chi connectivity index (χ4v) is 6.58. The Morgan fingerprint density at radius 2 is 1.26 bits per heavy atom. The van der Waals surface area contributed by atoms with Gasteiger partial charge in [-0.15, -0.1) is 0 Å². The molecule has 186 valence electrons. The molecule has 0 saturated carbocycles. The Kier molecular flexibility index (Phi) is 4.60. The van der Waals surface area contributed by atoms with E-state index < -0.39 is 0 Å². The maximum Gasteiger partial charge on any atom is 0.135 e. The zero-order chi connectivity index (χ0) is 26.1. The summed E-state index contributed by atoms with van der Waals surface area (Å²) in [5, 5.41) is 4.84. The summed E-state index contributed by atoms with van der Waals surface area (Å²) in [7, 11) is 0. The van der Waals surface area contributed by atoms with E-state index in [2.05, 4.69) is 134 Å². The molecule has 0 fully saturated rings. The molecule has 1 heterocycles. The molecule has 1 aliphatic carbocycles. The van der Waals surface area contributed by atoms with E-state index >= 15 is 0 Å². The highest BCUT2D eigenvalue weighted by atomic mass is 16.3. The number of fused-ring (bicyclic) bond motifs is 7. The van der Waals surface area contributed by atoms with Crippen LogP contribution in [-0.4, -0.2) is 0 Å². The summed E-state index contributed by atoms with van der Waals surface area (Å²) < 4.78 is 6.17. The average molecular weight is 502 g/mol. The summed E-state index contributed by atoms with van der Waals surface area (Å²) in [5.74, 6) is 0. The molecule has 39 heavy (non-hydrogen) atoms. The number of hydrogen-bond donors (Lipinski definition) is 0. The highest BCUT2D eigenvalue weighted by Gasteiger charge is 2.39. The van der Waals surface area contributed by atoms with Crippen LogP contribution in [0.15, 0.2) is 132 Å². The van der Waals surface area contributed by atoms with Crippen molar-refractivity contribution in [2.24, 2.45) is 0 Å². The normalized spacial score (nSPS) is 13.6. The lowest BCUT2D eigenvalue weighted by Gasteiger charge is -2.32. The van der Waals surface area contributed by atoms with E-state index in [0.717, 1.165) is 33.3 Å². The van der Waals surface area contributed by atoms with Crippen LogP contribution in [0, 0.1) is 0 Å². The van der Waals surface area contributed by atoms with Crippen LogP contribution in [0.3, 0.4) is 0 Å². The second kappa shape index (κ2) is 8.09. The molecule has 8 rings (SSSR count). The minimum absolute atomic E-state index is 0.162. The van der Waals surface area contributed by atoms with Gasteiger partial charge in [0.15, 0.2) is 0 Å². The summed E-state index contributed by atoms with van der Waals surface area (Å²) in [5.41, 5.74) is 10.5. The number of rotatable bonds is 3. The van der Waals surface area contributed by atoms with Crippen LogP contribution in [0.25, 0.3) is 43.8 Å². The van der Waals surface area contributed by atoms with Gasteiger partial charge in [0.05, 0.1) is 5.69 Å². The molecule has 2 heteroatoms. The predicted molar refractivity (Wildman–Crippen MR) is 163 cm³/mol. The predicted octanol–water partition coefficient (Wildman–Crippen LogP) is 10.5. The summed E-state index contributed by atoms with van der Waals surface area (Å²) in [4.78, 5) is 2.41. The fourth-order valence-electron chi connectivity index (χ4n) is 6.58. The maximum absolute atomic E-state index is 6.17. The van der Waals surface area contributed by atoms with Gasteiger partial charge in [0.25, 0.3) is 0 Å². The van der Waals surface area contributed by atoms with Crippen molar-refractivity contribution < 1.29 is 4.42 Å². The van der Waals surface area contributed by atoms with Gasteiger partial charge in [0.2, 0.25) is 0 Å². The number of anilines is 3. The van der Waals surface area contributed by atoms with Crippen molar-refractivity contribution in [2.45, 2.75) is 19.3 Å². The van der Waals surface area contributed by atoms with Crippen molar-refractivity contribution in [1.82, 2.24) is 0 Å². The molecule has 7 aromatic rings. The zero-order valence-electron chi connectivity index (χ0n) is 22.0. The number of hydrogen-bond acceptors (Lipinski definition) is 2. The number of furan rings is 1. The van der Waals surface area contributed by atoms with E-state index in [1.807, 2.05) is 12.1 Å². The Hall–Kier alpha value is -4.82. The van der Waals surface area contributed by atoms with Gasteiger partial charge in [-0.3, -0.25) is 0 Å². The second-order valence-corrected chi connectivity index (χ2v) is 11.0. The smallest absolute Gasteiger partial charge is 0.135 e. The molecule has 0 spiro atoms. The van der Waals surface area contributed by atoms with Crippen molar-refractivity contribution in [2.75, 3.05) is 4.90 Å². The zero-order valence-corrected chi connectivity index (χ0v) is 22.0. The van der Waals surface area contributed by atoms with Crippen molar-refractivity contribution in [3.8, 4) is 11.1 Å². The van der Waals surface area contributed by atoms with Crippen molar-refractivity contribution >= 4 is 49.8 Å². The van der Waals surface area contributed by atoms with Crippen LogP contribution >= 0.6 is 0 Å². The molecule has 6 aromatic carbocycles. The molecule has 0 amide bonds. The van der Waals surface area contributed by atoms with Crippen molar-refractivity contribution in [1.29, 1.82) is 0 Å². The summed E-state index contributed by atoms with van der Waals surface area (Å²) in [6.07, 6.45) is 0. The largest absolute Gasteiger partial charge is 0.456 e. The van der Waals surface area contributed by atoms with Gasteiger partial charge in [-0.25, -0.2) is 0 Å². The third-order valence-electron chi connectivity index (χ3n) is 8.39. The van der Waals surface area contributed by atoms with Gasteiger partial charge in [-0.2, -0.15) is 0 Å². The van der Waals surface area contributed by atoms with Gasteiger partial charge >= 0.3 is 0 Å². The lowest BCUT2D eigenvalue weighted by atomic mass is 9.80. The first-order chi connectivity index (χ1) is 19.1. The Morgan fingerprint density at radius 3 is 2.10 bits per heavy atom. The van der Waals surface area contributed by atoms with Crippen LogP contribution in [0.4, 0.5) is 17.1 Å². The molecule has 0 radical (unpaired) electrons. The highest BCUT2D eigenvalue weighted by Crippen LogP contribution is 2.55. The van der Waals surface area contributed by atoms with E-state index in [4.69, 9.17) is 4.42 Å². The van der Waals surface area contributed by atoms with Crippen molar-refractivity contribution in [3.63, 3.8) is 0 Å². The minimum atomic E-state index is -0.162. The Bertz CT molecular complexity index is 2050. The molecule has 2 nitrogen and oxygen atoms in total. The SMILES string of the molecule is CC1(C)c2cc3ccccc3cc2-c2cccc(N(c3ccccc3)c3ccc4oc5ccccc5c4c3)c21. The minimum Gasteiger partial charge on any atom is -0.456 e. The van der Waals surface area contributed by atoms with Crippen LogP contribution in [0.2, 0.25) is 0 Å². The molecular formula is C37H27NO. The van der Waals surface area contributed by atoms with E-state index in [1.54, 1.807) is 0 Å². The van der Waals surface area contributed by atoms with Crippen molar-refractivity contribution in [3.05, 3.63) is 139 Å². The average Bonchev–Trinajstić information content (AvgIpc) is 3.45. The molecule has 1 aromatic heterocycles. The standard InChI is InChI=1S/C37H27NO/c1-37(2)32-22-25-12-7-6-11-24(25)21-30(32)29-16-10-17-33(36(29)37)38(26-13-4-3-5-14-26)27-19-20-35-31(23-27)28-15-8-9-18-34(28)39-35/h3-23H,1-2H3. The Morgan fingerprint density at radius 1 is 0.538 bits per heavy atom. The number of para-hydroxylation sites is 2. The molecule has 0 N–H and O–H groups in total. The Balaban J connectivity index is 1.40. The molecule has 1 aliphatic rings. The van der Waals surface area contributed by atoms with E-state index in [9.17, 15) is 0 Å². The molecule has 0 unspecified atom stereocenters. The van der Waals surface area contributed by atoms with E-state index in [0.29, 0.717) is 0 Å². The highest BCUT2D eigenvalue weighted by molar-refractivity contribution is 6.07. The second-order valence-electron chi connectivity index (χ2n) is 11.0. The van der Waals surface area contributed by atoms with Crippen LogP contribution < -0.4 is 4.90 Å². The summed E-state index contributed by atoms with van der Waals surface area (Å²) in [6.45, 7) is 4.73. The van der Waals surface area contributed by atoms with Crippen LogP contribution in [-0.2, 0) is 5.41 Å². The molecule has 0 aliphatic heterocycles. The third-order valence-corrected chi connectivity index (χ3v) is 8.39. The molecule has 0 bridgehead atoms.